The van der Waals surface area contributed by atoms with E-state index in [9.17, 15) is 9.59 Å². The first-order valence-electron chi connectivity index (χ1n) is 5.72. The molecule has 5 heteroatoms. The lowest BCUT2D eigenvalue weighted by Gasteiger charge is -2.05. The maximum absolute atomic E-state index is 12.1. The van der Waals surface area contributed by atoms with Crippen LogP contribution in [0.5, 0.6) is 0 Å². The van der Waals surface area contributed by atoms with E-state index < -0.39 is 5.97 Å². The van der Waals surface area contributed by atoms with Gasteiger partial charge in [0.15, 0.2) is 5.78 Å². The molecule has 4 nitrogen and oxygen atoms in total. The average molecular weight is 278 g/mol. The van der Waals surface area contributed by atoms with Gasteiger partial charge in [0, 0.05) is 16.5 Å². The number of aromatic nitrogens is 1. The van der Waals surface area contributed by atoms with Crippen molar-refractivity contribution in [2.45, 2.75) is 13.3 Å². The molecule has 19 heavy (non-hydrogen) atoms. The molecule has 0 fully saturated rings. The first-order chi connectivity index (χ1) is 8.95. The van der Waals surface area contributed by atoms with E-state index >= 15 is 0 Å². The Bertz CT molecular complexity index is 700. The predicted octanol–water partition coefficient (Wildman–Crippen LogP) is 3.67. The molecule has 0 aliphatic carbocycles. The quantitative estimate of drug-likeness (QED) is 0.662. The summed E-state index contributed by atoms with van der Waals surface area (Å²) in [5, 5.41) is 9.70. The van der Waals surface area contributed by atoms with E-state index in [4.69, 9.17) is 16.7 Å². The fourth-order valence-electron chi connectivity index (χ4n) is 1.81. The molecule has 0 saturated carbocycles. The Hall–Kier alpha value is -2.07. The second-order valence-electron chi connectivity index (χ2n) is 4.16. The van der Waals surface area contributed by atoms with Crippen molar-refractivity contribution in [3.63, 3.8) is 0 Å². The molecule has 0 spiro atoms. The van der Waals surface area contributed by atoms with Gasteiger partial charge in [-0.3, -0.25) is 4.79 Å². The predicted molar refractivity (Wildman–Crippen MR) is 74.0 cm³/mol. The minimum absolute atomic E-state index is 0.0378. The van der Waals surface area contributed by atoms with E-state index in [2.05, 4.69) is 11.6 Å². The van der Waals surface area contributed by atoms with E-state index in [-0.39, 0.29) is 16.5 Å². The number of carbonyl (C=O) groups is 2. The summed E-state index contributed by atoms with van der Waals surface area (Å²) in [6, 6.07) is 4.64. The van der Waals surface area contributed by atoms with Gasteiger partial charge in [-0.25, -0.2) is 4.79 Å². The summed E-state index contributed by atoms with van der Waals surface area (Å²) in [6.45, 7) is 5.53. The number of carbonyl (C=O) groups excluding carboxylic acids is 1. The highest BCUT2D eigenvalue weighted by atomic mass is 35.5. The summed E-state index contributed by atoms with van der Waals surface area (Å²) in [7, 11) is 0. The number of allylic oxidation sites excluding steroid dienone is 1. The van der Waals surface area contributed by atoms with Crippen molar-refractivity contribution in [3.8, 4) is 0 Å². The third kappa shape index (κ3) is 2.27. The van der Waals surface area contributed by atoms with Crippen LogP contribution < -0.4 is 0 Å². The zero-order valence-corrected chi connectivity index (χ0v) is 11.0. The summed E-state index contributed by atoms with van der Waals surface area (Å²) in [5.74, 6) is -1.29. The van der Waals surface area contributed by atoms with Crippen LogP contribution in [0.1, 0.15) is 34.2 Å². The lowest BCUT2D eigenvalue weighted by atomic mass is 10.0. The molecule has 0 aliphatic rings. The van der Waals surface area contributed by atoms with E-state index in [1.54, 1.807) is 12.1 Å². The number of aromatic carboxylic acids is 1. The van der Waals surface area contributed by atoms with Gasteiger partial charge in [0.25, 0.3) is 0 Å². The van der Waals surface area contributed by atoms with Crippen LogP contribution in [0, 0.1) is 0 Å². The number of benzene rings is 1. The number of nitrogens with one attached hydrogen (secondary N) is 1. The molecule has 0 aliphatic heterocycles. The third-order valence-electron chi connectivity index (χ3n) is 2.96. The zero-order chi connectivity index (χ0) is 14.2. The van der Waals surface area contributed by atoms with E-state index in [1.165, 1.54) is 6.07 Å². The fraction of sp³-hybridized carbons (Fsp3) is 0.143. The van der Waals surface area contributed by atoms with Gasteiger partial charge in [0.1, 0.15) is 5.69 Å². The van der Waals surface area contributed by atoms with E-state index in [0.717, 1.165) is 0 Å². The number of ketones is 1. The van der Waals surface area contributed by atoms with Crippen molar-refractivity contribution in [1.82, 2.24) is 4.98 Å². The molecule has 0 bridgehead atoms. The molecule has 0 atom stereocenters. The van der Waals surface area contributed by atoms with Crippen molar-refractivity contribution in [1.29, 1.82) is 0 Å². The van der Waals surface area contributed by atoms with Crippen LogP contribution in [-0.2, 0) is 0 Å². The third-order valence-corrected chi connectivity index (χ3v) is 3.37. The van der Waals surface area contributed by atoms with Crippen molar-refractivity contribution in [3.05, 3.63) is 46.6 Å². The molecule has 0 radical (unpaired) electrons. The highest BCUT2D eigenvalue weighted by Gasteiger charge is 2.17. The molecule has 2 N–H and O–H groups in total. The lowest BCUT2D eigenvalue weighted by Crippen LogP contribution is -2.02. The highest BCUT2D eigenvalue weighted by Crippen LogP contribution is 2.29. The molecule has 1 aromatic carbocycles. The smallest absolute Gasteiger partial charge is 0.352 e. The summed E-state index contributed by atoms with van der Waals surface area (Å²) in [5.41, 5.74) is 1.43. The molecular weight excluding hydrogens is 266 g/mol. The minimum Gasteiger partial charge on any atom is -0.477 e. The van der Waals surface area contributed by atoms with Gasteiger partial charge >= 0.3 is 5.97 Å². The molecule has 2 rings (SSSR count). The van der Waals surface area contributed by atoms with Crippen LogP contribution in [0.15, 0.2) is 30.4 Å². The fourth-order valence-corrected chi connectivity index (χ4v) is 2.12. The topological polar surface area (TPSA) is 70.2 Å². The number of halogens is 1. The van der Waals surface area contributed by atoms with Gasteiger partial charge < -0.3 is 10.1 Å². The number of Topliss-reactive ketones (excluding diaryl/α,β-unsaturated/α-hetero) is 1. The Morgan fingerprint density at radius 3 is 2.68 bits per heavy atom. The highest BCUT2D eigenvalue weighted by molar-refractivity contribution is 6.39. The normalized spacial score (nSPS) is 10.6. The Morgan fingerprint density at radius 1 is 1.42 bits per heavy atom. The molecule has 1 heterocycles. The second-order valence-corrected chi connectivity index (χ2v) is 4.54. The molecule has 0 unspecified atom stereocenters. The maximum atomic E-state index is 12.1. The van der Waals surface area contributed by atoms with Crippen molar-refractivity contribution in [2.75, 3.05) is 0 Å². The minimum atomic E-state index is -1.07. The second kappa shape index (κ2) is 4.90. The lowest BCUT2D eigenvalue weighted by molar-refractivity contribution is 0.0691. The SMILES string of the molecule is C=C(CC)C(=O)c1ccc2[nH]c(C(=O)O)cc2c1Cl. The molecular formula is C14H12ClNO3. The summed E-state index contributed by atoms with van der Waals surface area (Å²) in [6.07, 6.45) is 0.542. The van der Waals surface area contributed by atoms with E-state index in [1.807, 2.05) is 6.92 Å². The van der Waals surface area contributed by atoms with Crippen molar-refractivity contribution < 1.29 is 14.7 Å². The van der Waals surface area contributed by atoms with Crippen LogP contribution in [-0.4, -0.2) is 21.8 Å². The van der Waals surface area contributed by atoms with Crippen LogP contribution in [0.2, 0.25) is 5.02 Å². The largest absolute Gasteiger partial charge is 0.477 e. The zero-order valence-electron chi connectivity index (χ0n) is 10.3. The molecule has 98 valence electrons. The number of rotatable bonds is 4. The average Bonchev–Trinajstić information content (AvgIpc) is 2.82. The Kier molecular flexibility index (Phi) is 3.44. The maximum Gasteiger partial charge on any atom is 0.352 e. The first kappa shape index (κ1) is 13.4. The molecule has 2 aromatic rings. The van der Waals surface area contributed by atoms with Crippen LogP contribution in [0.3, 0.4) is 0 Å². The number of H-pyrrole nitrogens is 1. The number of carboxylic acid groups (broad SMARTS) is 1. The van der Waals surface area contributed by atoms with Gasteiger partial charge in [-0.2, -0.15) is 0 Å². The monoisotopic (exact) mass is 277 g/mol. The summed E-state index contributed by atoms with van der Waals surface area (Å²) >= 11 is 6.18. The number of aromatic amines is 1. The van der Waals surface area contributed by atoms with Crippen LogP contribution in [0.4, 0.5) is 0 Å². The van der Waals surface area contributed by atoms with Gasteiger partial charge in [-0.05, 0) is 30.2 Å². The number of hydrogen-bond acceptors (Lipinski definition) is 2. The van der Waals surface area contributed by atoms with Crippen LogP contribution in [0.25, 0.3) is 10.9 Å². The van der Waals surface area contributed by atoms with Gasteiger partial charge in [-0.15, -0.1) is 0 Å². The Labute approximate surface area is 114 Å². The van der Waals surface area contributed by atoms with E-state index in [0.29, 0.717) is 28.5 Å². The standard InChI is InChI=1S/C14H12ClNO3/c1-3-7(2)13(17)8-4-5-10-9(12(8)15)6-11(16-10)14(18)19/h4-6,16H,2-3H2,1H3,(H,18,19). The van der Waals surface area contributed by atoms with Gasteiger partial charge in [0.05, 0.1) is 5.02 Å². The summed E-state index contributed by atoms with van der Waals surface area (Å²) in [4.78, 5) is 25.7. The number of carboxylic acids is 1. The van der Waals surface area contributed by atoms with Crippen LogP contribution >= 0.6 is 11.6 Å². The van der Waals surface area contributed by atoms with Gasteiger partial charge in [-0.1, -0.05) is 25.1 Å². The Balaban J connectivity index is 2.60. The van der Waals surface area contributed by atoms with Gasteiger partial charge in [0.2, 0.25) is 0 Å². The first-order valence-corrected chi connectivity index (χ1v) is 6.10. The van der Waals surface area contributed by atoms with Crippen molar-refractivity contribution in [2.24, 2.45) is 0 Å². The summed E-state index contributed by atoms with van der Waals surface area (Å²) < 4.78 is 0. The number of hydrogen-bond donors (Lipinski definition) is 2. The molecule has 1 aromatic heterocycles. The van der Waals surface area contributed by atoms with Crippen molar-refractivity contribution >= 4 is 34.3 Å². The molecule has 0 amide bonds. The Morgan fingerprint density at radius 2 is 2.11 bits per heavy atom. The number of fused-ring (bicyclic) bond motifs is 1. The molecule has 0 saturated heterocycles.